The van der Waals surface area contributed by atoms with Crippen molar-refractivity contribution in [2.45, 2.75) is 37.8 Å². The minimum Gasteiger partial charge on any atom is -0.387 e. The van der Waals surface area contributed by atoms with Gasteiger partial charge in [-0.3, -0.25) is 0 Å². The van der Waals surface area contributed by atoms with Crippen LogP contribution in [0.25, 0.3) is 0 Å². The van der Waals surface area contributed by atoms with Gasteiger partial charge < -0.3 is 10.4 Å². The lowest BCUT2D eigenvalue weighted by molar-refractivity contribution is 0.126. The molecule has 1 heterocycles. The number of nitrogens with one attached hydrogen (secondary N) is 1. The van der Waals surface area contributed by atoms with E-state index in [4.69, 9.17) is 5.26 Å². The second kappa shape index (κ2) is 5.81. The van der Waals surface area contributed by atoms with Crippen molar-refractivity contribution in [1.29, 1.82) is 5.26 Å². The summed E-state index contributed by atoms with van der Waals surface area (Å²) in [7, 11) is 0. The molecule has 1 aliphatic heterocycles. The summed E-state index contributed by atoms with van der Waals surface area (Å²) >= 11 is 0. The number of benzene rings is 1. The Morgan fingerprint density at radius 1 is 1.24 bits per heavy atom. The van der Waals surface area contributed by atoms with Crippen molar-refractivity contribution in [1.82, 2.24) is 5.32 Å². The number of aliphatic hydroxyl groups is 1. The van der Waals surface area contributed by atoms with Crippen LogP contribution in [0.3, 0.4) is 0 Å². The average Bonchev–Trinajstić information content (AvgIpc) is 2.67. The molecule has 3 heteroatoms. The fraction of sp³-hybridized carbons (Fsp3) is 0.500. The van der Waals surface area contributed by atoms with Gasteiger partial charge >= 0.3 is 0 Å². The first-order valence-corrected chi connectivity index (χ1v) is 6.23. The predicted molar refractivity (Wildman–Crippen MR) is 66.4 cm³/mol. The molecule has 2 rings (SSSR count). The number of hydrogen-bond donors (Lipinski definition) is 2. The molecule has 2 N–H and O–H groups in total. The van der Waals surface area contributed by atoms with E-state index in [-0.39, 0.29) is 6.04 Å². The molecule has 1 aromatic rings. The molecule has 0 aromatic heterocycles. The zero-order chi connectivity index (χ0) is 12.1. The van der Waals surface area contributed by atoms with E-state index in [9.17, 15) is 5.11 Å². The maximum Gasteiger partial charge on any atom is 0.0991 e. The highest BCUT2D eigenvalue weighted by molar-refractivity contribution is 5.32. The number of hydrogen-bond acceptors (Lipinski definition) is 3. The van der Waals surface area contributed by atoms with Crippen LogP contribution in [0, 0.1) is 11.3 Å². The summed E-state index contributed by atoms with van der Waals surface area (Å²) in [6.45, 7) is 0.984. The molecule has 0 radical (unpaired) electrons. The van der Waals surface area contributed by atoms with Crippen molar-refractivity contribution >= 4 is 0 Å². The molecule has 0 amide bonds. The van der Waals surface area contributed by atoms with Crippen LogP contribution in [0.1, 0.15) is 42.9 Å². The Labute approximate surface area is 102 Å². The molecule has 1 saturated heterocycles. The first-order chi connectivity index (χ1) is 8.31. The summed E-state index contributed by atoms with van der Waals surface area (Å²) in [6, 6.07) is 9.43. The molecule has 0 bridgehead atoms. The van der Waals surface area contributed by atoms with Crippen LogP contribution in [0.15, 0.2) is 24.3 Å². The van der Waals surface area contributed by atoms with E-state index in [1.165, 1.54) is 19.3 Å². The van der Waals surface area contributed by atoms with Gasteiger partial charge in [0, 0.05) is 6.04 Å². The standard InChI is InChI=1S/C14H18N2O/c15-10-11-5-7-12(8-6-11)14(17)13-4-2-1-3-9-16-13/h5-8,13-14,16-17H,1-4,9H2. The summed E-state index contributed by atoms with van der Waals surface area (Å²) in [6.07, 6.45) is 4.15. The molecule has 90 valence electrons. The second-order valence-electron chi connectivity index (χ2n) is 4.59. The fourth-order valence-electron chi connectivity index (χ4n) is 2.31. The summed E-state index contributed by atoms with van der Waals surface area (Å²) in [5.41, 5.74) is 1.53. The maximum absolute atomic E-state index is 10.3. The number of aliphatic hydroxyl groups excluding tert-OH is 1. The van der Waals surface area contributed by atoms with Crippen LogP contribution in [0.2, 0.25) is 0 Å². The Balaban J connectivity index is 2.06. The highest BCUT2D eigenvalue weighted by Gasteiger charge is 2.21. The highest BCUT2D eigenvalue weighted by atomic mass is 16.3. The van der Waals surface area contributed by atoms with Gasteiger partial charge in [-0.1, -0.05) is 25.0 Å². The van der Waals surface area contributed by atoms with E-state index in [2.05, 4.69) is 11.4 Å². The molecule has 0 spiro atoms. The Bertz CT molecular complexity index is 386. The van der Waals surface area contributed by atoms with E-state index in [1.807, 2.05) is 12.1 Å². The van der Waals surface area contributed by atoms with Gasteiger partial charge in [-0.15, -0.1) is 0 Å². The molecule has 1 aromatic carbocycles. The third-order valence-corrected chi connectivity index (χ3v) is 3.36. The van der Waals surface area contributed by atoms with Crippen molar-refractivity contribution in [3.63, 3.8) is 0 Å². The predicted octanol–water partition coefficient (Wildman–Crippen LogP) is 2.12. The molecular formula is C14H18N2O. The summed E-state index contributed by atoms with van der Waals surface area (Å²) in [4.78, 5) is 0. The van der Waals surface area contributed by atoms with Crippen LogP contribution < -0.4 is 5.32 Å². The average molecular weight is 230 g/mol. The van der Waals surface area contributed by atoms with Gasteiger partial charge in [-0.25, -0.2) is 0 Å². The molecule has 17 heavy (non-hydrogen) atoms. The minimum atomic E-state index is -0.471. The lowest BCUT2D eigenvalue weighted by Crippen LogP contribution is -2.34. The Morgan fingerprint density at radius 3 is 2.71 bits per heavy atom. The number of rotatable bonds is 2. The van der Waals surface area contributed by atoms with E-state index in [1.54, 1.807) is 12.1 Å². The van der Waals surface area contributed by atoms with Crippen LogP contribution in [-0.4, -0.2) is 17.7 Å². The van der Waals surface area contributed by atoms with E-state index < -0.39 is 6.10 Å². The quantitative estimate of drug-likeness (QED) is 0.818. The number of nitriles is 1. The lowest BCUT2D eigenvalue weighted by atomic mass is 9.98. The SMILES string of the molecule is N#Cc1ccc(C(O)C2CCCCCN2)cc1. The fourth-order valence-corrected chi connectivity index (χ4v) is 2.31. The van der Waals surface area contributed by atoms with E-state index >= 15 is 0 Å². The van der Waals surface area contributed by atoms with Crippen LogP contribution in [0.5, 0.6) is 0 Å². The van der Waals surface area contributed by atoms with Gasteiger partial charge in [0.1, 0.15) is 0 Å². The van der Waals surface area contributed by atoms with Crippen LogP contribution >= 0.6 is 0 Å². The zero-order valence-electron chi connectivity index (χ0n) is 9.89. The van der Waals surface area contributed by atoms with Gasteiger partial charge in [-0.05, 0) is 37.1 Å². The van der Waals surface area contributed by atoms with Crippen LogP contribution in [0.4, 0.5) is 0 Å². The monoisotopic (exact) mass is 230 g/mol. The first kappa shape index (κ1) is 12.1. The molecule has 1 fully saturated rings. The largest absolute Gasteiger partial charge is 0.387 e. The van der Waals surface area contributed by atoms with Crippen molar-refractivity contribution < 1.29 is 5.11 Å². The molecule has 1 aliphatic rings. The first-order valence-electron chi connectivity index (χ1n) is 6.23. The summed E-state index contributed by atoms with van der Waals surface area (Å²) < 4.78 is 0. The maximum atomic E-state index is 10.3. The van der Waals surface area contributed by atoms with E-state index in [0.29, 0.717) is 5.56 Å². The molecular weight excluding hydrogens is 212 g/mol. The third-order valence-electron chi connectivity index (χ3n) is 3.36. The lowest BCUT2D eigenvalue weighted by Gasteiger charge is -2.22. The van der Waals surface area contributed by atoms with Gasteiger partial charge in [0.05, 0.1) is 17.7 Å². The number of nitrogens with zero attached hydrogens (tertiary/aromatic N) is 1. The molecule has 2 atom stereocenters. The van der Waals surface area contributed by atoms with Crippen molar-refractivity contribution in [2.75, 3.05) is 6.54 Å². The molecule has 3 nitrogen and oxygen atoms in total. The zero-order valence-corrected chi connectivity index (χ0v) is 9.89. The summed E-state index contributed by atoms with van der Waals surface area (Å²) in [5.74, 6) is 0. The second-order valence-corrected chi connectivity index (χ2v) is 4.59. The normalized spacial score (nSPS) is 22.5. The molecule has 0 saturated carbocycles. The molecule has 0 aliphatic carbocycles. The van der Waals surface area contributed by atoms with E-state index in [0.717, 1.165) is 18.5 Å². The van der Waals surface area contributed by atoms with Gasteiger partial charge in [0.2, 0.25) is 0 Å². The third kappa shape index (κ3) is 3.06. The van der Waals surface area contributed by atoms with Gasteiger partial charge in [0.15, 0.2) is 0 Å². The van der Waals surface area contributed by atoms with Crippen LogP contribution in [-0.2, 0) is 0 Å². The highest BCUT2D eigenvalue weighted by Crippen LogP contribution is 2.22. The summed E-state index contributed by atoms with van der Waals surface area (Å²) in [5, 5.41) is 22.4. The van der Waals surface area contributed by atoms with Crippen molar-refractivity contribution in [2.24, 2.45) is 0 Å². The Hall–Kier alpha value is -1.37. The Kier molecular flexibility index (Phi) is 4.13. The topological polar surface area (TPSA) is 56.0 Å². The smallest absolute Gasteiger partial charge is 0.0991 e. The van der Waals surface area contributed by atoms with Crippen molar-refractivity contribution in [3.05, 3.63) is 35.4 Å². The molecule has 2 unspecified atom stereocenters. The van der Waals surface area contributed by atoms with Gasteiger partial charge in [0.25, 0.3) is 0 Å². The minimum absolute atomic E-state index is 0.144. The van der Waals surface area contributed by atoms with Gasteiger partial charge in [-0.2, -0.15) is 5.26 Å². The Morgan fingerprint density at radius 2 is 2.00 bits per heavy atom. The van der Waals surface area contributed by atoms with Crippen molar-refractivity contribution in [3.8, 4) is 6.07 Å².